The number of rotatable bonds is 5. The van der Waals surface area contributed by atoms with Gasteiger partial charge in [0.25, 0.3) is 0 Å². The second-order valence-electron chi connectivity index (χ2n) is 6.18. The van der Waals surface area contributed by atoms with Crippen LogP contribution in [0.15, 0.2) is 24.3 Å². The van der Waals surface area contributed by atoms with E-state index in [-0.39, 0.29) is 0 Å². The molecule has 1 spiro atoms. The fourth-order valence-corrected chi connectivity index (χ4v) is 4.21. The summed E-state index contributed by atoms with van der Waals surface area (Å²) in [6.07, 6.45) is 6.90. The highest BCUT2D eigenvalue weighted by atomic mass is 35.5. The molecule has 1 aromatic rings. The Balaban J connectivity index is 1.62. The molecule has 2 unspecified atom stereocenters. The third-order valence-electron chi connectivity index (χ3n) is 5.17. The van der Waals surface area contributed by atoms with Gasteiger partial charge < -0.3 is 10.1 Å². The van der Waals surface area contributed by atoms with Crippen molar-refractivity contribution in [3.63, 3.8) is 0 Å². The third-order valence-corrected chi connectivity index (χ3v) is 5.54. The van der Waals surface area contributed by atoms with Crippen LogP contribution in [0.3, 0.4) is 0 Å². The van der Waals surface area contributed by atoms with Gasteiger partial charge in [-0.25, -0.2) is 0 Å². The Morgan fingerprint density at radius 1 is 1.30 bits per heavy atom. The average Bonchev–Trinajstić information content (AvgIpc) is 2.96. The molecule has 2 saturated carbocycles. The lowest BCUT2D eigenvalue weighted by molar-refractivity contribution is -0.139. The molecule has 2 aliphatic carbocycles. The quantitative estimate of drug-likeness (QED) is 0.880. The number of hydrogen-bond acceptors (Lipinski definition) is 2. The lowest BCUT2D eigenvalue weighted by Gasteiger charge is -2.54. The van der Waals surface area contributed by atoms with Crippen molar-refractivity contribution in [3.05, 3.63) is 34.9 Å². The van der Waals surface area contributed by atoms with Crippen LogP contribution >= 0.6 is 11.6 Å². The van der Waals surface area contributed by atoms with E-state index < -0.39 is 0 Å². The molecule has 0 saturated heterocycles. The molecule has 0 aliphatic heterocycles. The van der Waals surface area contributed by atoms with E-state index in [4.69, 9.17) is 16.3 Å². The maximum absolute atomic E-state index is 6.23. The van der Waals surface area contributed by atoms with E-state index in [1.807, 2.05) is 18.2 Å². The summed E-state index contributed by atoms with van der Waals surface area (Å²) >= 11 is 6.21. The van der Waals surface area contributed by atoms with E-state index in [9.17, 15) is 0 Å². The van der Waals surface area contributed by atoms with E-state index in [1.165, 1.54) is 25.7 Å². The molecule has 2 atom stereocenters. The van der Waals surface area contributed by atoms with Gasteiger partial charge in [0.05, 0.1) is 12.7 Å². The fourth-order valence-electron chi connectivity index (χ4n) is 4.02. The highest BCUT2D eigenvalue weighted by molar-refractivity contribution is 6.31. The zero-order valence-electron chi connectivity index (χ0n) is 12.2. The standard InChI is InChI=1S/C17H24ClNO/c1-2-19-15-11-16(17(15)9-5-6-10-17)20-12-13-7-3-4-8-14(13)18/h3-4,7-8,15-16,19H,2,5-6,9-12H2,1H3. The van der Waals surface area contributed by atoms with Crippen molar-refractivity contribution in [2.45, 2.75) is 57.8 Å². The smallest absolute Gasteiger partial charge is 0.0735 e. The number of hydrogen-bond donors (Lipinski definition) is 1. The maximum Gasteiger partial charge on any atom is 0.0735 e. The van der Waals surface area contributed by atoms with Crippen LogP contribution in [0.25, 0.3) is 0 Å². The van der Waals surface area contributed by atoms with Gasteiger partial charge in [0.1, 0.15) is 0 Å². The lowest BCUT2D eigenvalue weighted by atomic mass is 9.60. The molecule has 1 aromatic carbocycles. The van der Waals surface area contributed by atoms with Crippen molar-refractivity contribution in [2.75, 3.05) is 6.54 Å². The van der Waals surface area contributed by atoms with Crippen molar-refractivity contribution >= 4 is 11.6 Å². The average molecular weight is 294 g/mol. The Bertz CT molecular complexity index is 456. The topological polar surface area (TPSA) is 21.3 Å². The van der Waals surface area contributed by atoms with E-state index in [1.54, 1.807) is 0 Å². The Morgan fingerprint density at radius 3 is 2.75 bits per heavy atom. The molecule has 110 valence electrons. The molecule has 1 N–H and O–H groups in total. The molecule has 0 amide bonds. The minimum Gasteiger partial charge on any atom is -0.373 e. The van der Waals surface area contributed by atoms with Crippen molar-refractivity contribution in [1.29, 1.82) is 0 Å². The van der Waals surface area contributed by atoms with Crippen molar-refractivity contribution in [1.82, 2.24) is 5.32 Å². The maximum atomic E-state index is 6.23. The molecule has 0 heterocycles. The van der Waals surface area contributed by atoms with Gasteiger partial charge in [-0.15, -0.1) is 0 Å². The highest BCUT2D eigenvalue weighted by Crippen LogP contribution is 2.54. The van der Waals surface area contributed by atoms with Crippen LogP contribution in [0.1, 0.15) is 44.6 Å². The normalized spacial score (nSPS) is 27.7. The molecule has 0 radical (unpaired) electrons. The number of ether oxygens (including phenoxy) is 1. The second kappa shape index (κ2) is 6.05. The van der Waals surface area contributed by atoms with Crippen LogP contribution in [0.2, 0.25) is 5.02 Å². The van der Waals surface area contributed by atoms with Gasteiger partial charge in [-0.05, 0) is 37.4 Å². The molecule has 3 heteroatoms. The van der Waals surface area contributed by atoms with Gasteiger partial charge in [-0.2, -0.15) is 0 Å². The fraction of sp³-hybridized carbons (Fsp3) is 0.647. The number of nitrogens with one attached hydrogen (secondary N) is 1. The first-order valence-corrected chi connectivity index (χ1v) is 8.22. The summed E-state index contributed by atoms with van der Waals surface area (Å²) < 4.78 is 6.23. The van der Waals surface area contributed by atoms with E-state index >= 15 is 0 Å². The molecule has 0 aromatic heterocycles. The molecule has 2 nitrogen and oxygen atoms in total. The molecule has 2 fully saturated rings. The number of halogens is 1. The highest BCUT2D eigenvalue weighted by Gasteiger charge is 2.56. The Hall–Kier alpha value is -0.570. The first kappa shape index (κ1) is 14.4. The predicted octanol–water partition coefficient (Wildman–Crippen LogP) is 4.17. The monoisotopic (exact) mass is 293 g/mol. The SMILES string of the molecule is CCNC1CC(OCc2ccccc2Cl)C12CCCC2. The minimum absolute atomic E-state index is 0.400. The summed E-state index contributed by atoms with van der Waals surface area (Å²) in [7, 11) is 0. The van der Waals surface area contributed by atoms with Crippen molar-refractivity contribution in [2.24, 2.45) is 5.41 Å². The van der Waals surface area contributed by atoms with Crippen LogP contribution in [-0.4, -0.2) is 18.7 Å². The van der Waals surface area contributed by atoms with Gasteiger partial charge in [-0.3, -0.25) is 0 Å². The molecule has 3 rings (SSSR count). The number of benzene rings is 1. The summed E-state index contributed by atoms with van der Waals surface area (Å²) in [6, 6.07) is 8.65. The van der Waals surface area contributed by atoms with E-state index in [0.29, 0.717) is 24.2 Å². The summed E-state index contributed by atoms with van der Waals surface area (Å²) in [5, 5.41) is 4.46. The first-order valence-electron chi connectivity index (χ1n) is 7.84. The van der Waals surface area contributed by atoms with Crippen molar-refractivity contribution < 1.29 is 4.74 Å². The Morgan fingerprint density at radius 2 is 2.05 bits per heavy atom. The summed E-state index contributed by atoms with van der Waals surface area (Å²) in [5.74, 6) is 0. The van der Waals surface area contributed by atoms with E-state index in [2.05, 4.69) is 18.3 Å². The second-order valence-corrected chi connectivity index (χ2v) is 6.58. The predicted molar refractivity (Wildman–Crippen MR) is 83.0 cm³/mol. The third kappa shape index (κ3) is 2.49. The van der Waals surface area contributed by atoms with Crippen LogP contribution < -0.4 is 5.32 Å². The van der Waals surface area contributed by atoms with Crippen LogP contribution in [-0.2, 0) is 11.3 Å². The molecular formula is C17H24ClNO. The van der Waals surface area contributed by atoms with Crippen LogP contribution in [0, 0.1) is 5.41 Å². The molecule has 2 aliphatic rings. The zero-order chi connectivity index (χ0) is 14.0. The first-order chi connectivity index (χ1) is 9.76. The van der Waals surface area contributed by atoms with Gasteiger partial charge in [0, 0.05) is 16.5 Å². The summed E-state index contributed by atoms with van der Waals surface area (Å²) in [4.78, 5) is 0. The summed E-state index contributed by atoms with van der Waals surface area (Å²) in [5.41, 5.74) is 1.51. The Labute approximate surface area is 126 Å². The van der Waals surface area contributed by atoms with Crippen LogP contribution in [0.4, 0.5) is 0 Å². The van der Waals surface area contributed by atoms with Crippen LogP contribution in [0.5, 0.6) is 0 Å². The largest absolute Gasteiger partial charge is 0.373 e. The van der Waals surface area contributed by atoms with Gasteiger partial charge in [-0.1, -0.05) is 49.6 Å². The van der Waals surface area contributed by atoms with Crippen molar-refractivity contribution in [3.8, 4) is 0 Å². The van der Waals surface area contributed by atoms with Gasteiger partial charge in [0.15, 0.2) is 0 Å². The summed E-state index contributed by atoms with van der Waals surface area (Å²) in [6.45, 7) is 3.90. The van der Waals surface area contributed by atoms with E-state index in [0.717, 1.165) is 23.6 Å². The molecule has 0 bridgehead atoms. The van der Waals surface area contributed by atoms with Gasteiger partial charge >= 0.3 is 0 Å². The lowest BCUT2D eigenvalue weighted by Crippen LogP contribution is -2.62. The Kier molecular flexibility index (Phi) is 4.34. The molecular weight excluding hydrogens is 270 g/mol. The molecule has 20 heavy (non-hydrogen) atoms. The minimum atomic E-state index is 0.400. The van der Waals surface area contributed by atoms with Gasteiger partial charge in [0.2, 0.25) is 0 Å². The zero-order valence-corrected chi connectivity index (χ0v) is 13.0.